The fourth-order valence-electron chi connectivity index (χ4n) is 0.150. The van der Waals surface area contributed by atoms with Gasteiger partial charge in [-0.1, -0.05) is 12.7 Å². The lowest BCUT2D eigenvalue weighted by Crippen LogP contribution is -1.57. The van der Waals surface area contributed by atoms with Crippen LogP contribution >= 0.6 is 0 Å². The van der Waals surface area contributed by atoms with Gasteiger partial charge in [-0.25, -0.2) is 4.99 Å². The van der Waals surface area contributed by atoms with Crippen LogP contribution in [0.5, 0.6) is 0 Å². The third-order valence-electron chi connectivity index (χ3n) is 0.406. The van der Waals surface area contributed by atoms with E-state index in [2.05, 4.69) is 31.4 Å². The monoisotopic (exact) mass is 127 g/mol. The molecule has 0 aliphatic heterocycles. The Morgan fingerprint density at radius 1 is 1.44 bits per heavy atom. The van der Waals surface area contributed by atoms with Crippen molar-refractivity contribution in [1.29, 1.82) is 0 Å². The van der Waals surface area contributed by atoms with Crippen LogP contribution in [0.1, 0.15) is 0 Å². The van der Waals surface area contributed by atoms with Gasteiger partial charge in [0.2, 0.25) is 5.95 Å². The second-order valence-electron chi connectivity index (χ2n) is 0.883. The van der Waals surface area contributed by atoms with Crippen LogP contribution in [-0.2, 0) is 0 Å². The van der Waals surface area contributed by atoms with Gasteiger partial charge in [-0.3, -0.25) is 0 Å². The zero-order valence-electron chi connectivity index (χ0n) is 5.31. The average Bonchev–Trinajstić information content (AvgIpc) is 1.93. The lowest BCUT2D eigenvalue weighted by Gasteiger charge is -1.74. The Labute approximate surface area is 54.9 Å². The van der Waals surface area contributed by atoms with Crippen LogP contribution < -0.4 is 0 Å². The number of rotatable bonds is 2. The molecule has 0 aliphatic rings. The number of hydrogen-bond acceptors (Lipinski definition) is 1. The number of nitrogens with zero attached hydrogens (tertiary/aromatic N) is 1. The van der Waals surface area contributed by atoms with E-state index in [0.29, 0.717) is 0 Å². The molecule has 50 valence electrons. The molecule has 0 spiro atoms. The molecule has 0 aromatic carbocycles. The molecule has 1 nitrogen and oxygen atoms in total. The molecule has 0 N–H and O–H groups in total. The lowest BCUT2D eigenvalue weighted by atomic mass is 10.6. The Balaban J connectivity index is 0. The second kappa shape index (κ2) is 9.94. The zero-order chi connectivity index (χ0) is 7.70. The molecule has 0 rings (SSSR count). The van der Waals surface area contributed by atoms with Crippen molar-refractivity contribution in [3.05, 3.63) is 37.8 Å². The van der Waals surface area contributed by atoms with Gasteiger partial charge >= 0.3 is 0 Å². The molecule has 0 heterocycles. The summed E-state index contributed by atoms with van der Waals surface area (Å²) in [6.45, 7) is 12.2. The maximum absolute atomic E-state index is 11.7. The van der Waals surface area contributed by atoms with Gasteiger partial charge in [0, 0.05) is 0 Å². The van der Waals surface area contributed by atoms with Crippen molar-refractivity contribution in [3.8, 4) is 0 Å². The maximum Gasteiger partial charge on any atom is 0.212 e. The molecule has 0 radical (unpaired) electrons. The molecule has 9 heavy (non-hydrogen) atoms. The Kier molecular flexibility index (Phi) is 11.9. The highest BCUT2D eigenvalue weighted by atomic mass is 19.1. The molecule has 0 aliphatic carbocycles. The van der Waals surface area contributed by atoms with Crippen LogP contribution in [0, 0.1) is 0 Å². The van der Waals surface area contributed by atoms with E-state index in [4.69, 9.17) is 0 Å². The van der Waals surface area contributed by atoms with E-state index in [0.717, 1.165) is 6.08 Å². The van der Waals surface area contributed by atoms with Gasteiger partial charge in [-0.2, -0.15) is 4.39 Å². The fraction of sp³-hybridized carbons (Fsp3) is 0. The quantitative estimate of drug-likeness (QED) is 0.234. The van der Waals surface area contributed by atoms with Crippen molar-refractivity contribution in [2.75, 3.05) is 0 Å². The predicted molar refractivity (Wildman–Crippen MR) is 40.2 cm³/mol. The summed E-state index contributed by atoms with van der Waals surface area (Å²) in [6.07, 6.45) is 2.44. The van der Waals surface area contributed by atoms with Gasteiger partial charge in [0.15, 0.2) is 0 Å². The van der Waals surface area contributed by atoms with Crippen molar-refractivity contribution in [2.45, 2.75) is 0 Å². The highest BCUT2D eigenvalue weighted by Gasteiger charge is 1.76. The maximum atomic E-state index is 11.7. The van der Waals surface area contributed by atoms with Crippen LogP contribution in [0.25, 0.3) is 0 Å². The van der Waals surface area contributed by atoms with Crippen molar-refractivity contribution >= 4 is 6.72 Å². The number of aliphatic imine (C=N–C) groups is 1. The summed E-state index contributed by atoms with van der Waals surface area (Å²) in [5.74, 6) is -0.602. The fourth-order valence-corrected chi connectivity index (χ4v) is 0.150. The molecule has 0 aromatic heterocycles. The molecule has 2 heteroatoms. The van der Waals surface area contributed by atoms with Crippen molar-refractivity contribution in [2.24, 2.45) is 4.99 Å². The molecular formula is C7H10FN. The van der Waals surface area contributed by atoms with Crippen LogP contribution in [-0.4, -0.2) is 6.72 Å². The summed E-state index contributed by atoms with van der Waals surface area (Å²) in [5, 5.41) is 0. The third-order valence-corrected chi connectivity index (χ3v) is 0.406. The van der Waals surface area contributed by atoms with E-state index in [1.807, 2.05) is 0 Å². The second-order valence-corrected chi connectivity index (χ2v) is 0.883. The molecule has 0 amide bonds. The summed E-state index contributed by atoms with van der Waals surface area (Å²) in [7, 11) is 0. The molecule has 0 unspecified atom stereocenters. The molecular weight excluding hydrogens is 117 g/mol. The summed E-state index contributed by atoms with van der Waals surface area (Å²) in [6, 6.07) is 0. The summed E-state index contributed by atoms with van der Waals surface area (Å²) < 4.78 is 11.7. The largest absolute Gasteiger partial charge is 0.236 e. The van der Waals surface area contributed by atoms with Crippen LogP contribution in [0.15, 0.2) is 42.8 Å². The summed E-state index contributed by atoms with van der Waals surface area (Å²) >= 11 is 0. The highest BCUT2D eigenvalue weighted by molar-refractivity contribution is 5.27. The van der Waals surface area contributed by atoms with Gasteiger partial charge in [-0.05, 0) is 12.8 Å². The first-order valence-corrected chi connectivity index (χ1v) is 2.26. The topological polar surface area (TPSA) is 12.4 Å². The first kappa shape index (κ1) is 10.7. The van der Waals surface area contributed by atoms with Gasteiger partial charge in [0.1, 0.15) is 0 Å². The number of halogens is 1. The minimum Gasteiger partial charge on any atom is -0.236 e. The molecule has 0 atom stereocenters. The summed E-state index contributed by atoms with van der Waals surface area (Å²) in [5.41, 5.74) is 0. The predicted octanol–water partition coefficient (Wildman–Crippen LogP) is 2.49. The normalized spacial score (nSPS) is 8.78. The SMILES string of the molecule is C=C.C=C/C=C(/F)N=C. The van der Waals surface area contributed by atoms with Crippen LogP contribution in [0.4, 0.5) is 4.39 Å². The van der Waals surface area contributed by atoms with Crippen LogP contribution in [0.3, 0.4) is 0 Å². The molecule has 0 fully saturated rings. The van der Waals surface area contributed by atoms with E-state index in [9.17, 15) is 4.39 Å². The van der Waals surface area contributed by atoms with Crippen molar-refractivity contribution in [3.63, 3.8) is 0 Å². The third kappa shape index (κ3) is 10.9. The van der Waals surface area contributed by atoms with Crippen LogP contribution in [0.2, 0.25) is 0 Å². The van der Waals surface area contributed by atoms with Gasteiger partial charge in [0.05, 0.1) is 0 Å². The summed E-state index contributed by atoms with van der Waals surface area (Å²) in [4.78, 5) is 2.95. The molecule has 0 aromatic rings. The van der Waals surface area contributed by atoms with Gasteiger partial charge < -0.3 is 0 Å². The first-order valence-electron chi connectivity index (χ1n) is 2.26. The molecule has 0 bridgehead atoms. The Hall–Kier alpha value is -1.18. The molecule has 0 saturated heterocycles. The zero-order valence-corrected chi connectivity index (χ0v) is 5.31. The van der Waals surface area contributed by atoms with E-state index in [1.165, 1.54) is 6.08 Å². The van der Waals surface area contributed by atoms with E-state index < -0.39 is 5.95 Å². The van der Waals surface area contributed by atoms with Crippen molar-refractivity contribution in [1.82, 2.24) is 0 Å². The van der Waals surface area contributed by atoms with E-state index >= 15 is 0 Å². The minimum absolute atomic E-state index is 0.602. The van der Waals surface area contributed by atoms with E-state index in [-0.39, 0.29) is 0 Å². The molecule has 0 saturated carbocycles. The smallest absolute Gasteiger partial charge is 0.212 e. The van der Waals surface area contributed by atoms with Crippen molar-refractivity contribution < 1.29 is 4.39 Å². The minimum atomic E-state index is -0.602. The van der Waals surface area contributed by atoms with Gasteiger partial charge in [-0.15, -0.1) is 13.2 Å². The Morgan fingerprint density at radius 2 is 1.89 bits per heavy atom. The first-order chi connectivity index (χ1) is 4.31. The van der Waals surface area contributed by atoms with E-state index in [1.54, 1.807) is 0 Å². The number of allylic oxidation sites excluding steroid dienone is 2. The highest BCUT2D eigenvalue weighted by Crippen LogP contribution is 1.93. The average molecular weight is 127 g/mol. The standard InChI is InChI=1S/C5H6FN.C2H4/c1-3-4-5(6)7-2;1-2/h3-4H,1-2H2;1-2H2/b5-4-;. The van der Waals surface area contributed by atoms with Gasteiger partial charge in [0.25, 0.3) is 0 Å². The lowest BCUT2D eigenvalue weighted by molar-refractivity contribution is 0.630. The Morgan fingerprint density at radius 3 is 2.00 bits per heavy atom. The number of hydrogen-bond donors (Lipinski definition) is 0. The Bertz CT molecular complexity index is 116.